The van der Waals surface area contributed by atoms with Crippen LogP contribution in [0.1, 0.15) is 23.2 Å². The fraction of sp³-hybridized carbons (Fsp3) is 0.208. The van der Waals surface area contributed by atoms with Gasteiger partial charge in [-0.3, -0.25) is 9.59 Å². The molecule has 0 spiro atoms. The predicted octanol–water partition coefficient (Wildman–Crippen LogP) is 4.47. The standard InChI is InChI=1S/C24H21FN2O4/c25-19-8-6-17(7-9-19)23(28)27-15-3-4-18(16-27)24(29)31-21-12-10-20(11-13-21)30-22-5-1-2-14-26-22/h1-2,5-14,18H,3-4,15-16H2. The monoisotopic (exact) mass is 420 g/mol. The average Bonchev–Trinajstić information content (AvgIpc) is 2.81. The largest absolute Gasteiger partial charge is 0.439 e. The summed E-state index contributed by atoms with van der Waals surface area (Å²) in [5.41, 5.74) is 0.402. The summed E-state index contributed by atoms with van der Waals surface area (Å²) >= 11 is 0. The molecule has 0 aliphatic carbocycles. The molecule has 1 atom stereocenters. The van der Waals surface area contributed by atoms with Crippen LogP contribution in [0.5, 0.6) is 17.4 Å². The lowest BCUT2D eigenvalue weighted by molar-refractivity contribution is -0.140. The molecule has 7 heteroatoms. The van der Waals surface area contributed by atoms with Gasteiger partial charge in [0, 0.05) is 30.9 Å². The number of amides is 1. The SMILES string of the molecule is O=C(Oc1ccc(Oc2ccccn2)cc1)C1CCCN(C(=O)c2ccc(F)cc2)C1. The lowest BCUT2D eigenvalue weighted by Gasteiger charge is -2.31. The highest BCUT2D eigenvalue weighted by molar-refractivity contribution is 5.94. The van der Waals surface area contributed by atoms with E-state index in [-0.39, 0.29) is 18.4 Å². The summed E-state index contributed by atoms with van der Waals surface area (Å²) in [6, 6.07) is 17.5. The number of hydrogen-bond acceptors (Lipinski definition) is 5. The number of ether oxygens (including phenoxy) is 2. The summed E-state index contributed by atoms with van der Waals surface area (Å²) in [4.78, 5) is 31.0. The first-order chi connectivity index (χ1) is 15.1. The lowest BCUT2D eigenvalue weighted by Crippen LogP contribution is -2.43. The molecule has 0 bridgehead atoms. The number of hydrogen-bond donors (Lipinski definition) is 0. The van der Waals surface area contributed by atoms with Gasteiger partial charge in [0.2, 0.25) is 5.88 Å². The number of benzene rings is 2. The number of piperidine rings is 1. The molecule has 1 unspecified atom stereocenters. The Morgan fingerprint density at radius 3 is 2.42 bits per heavy atom. The molecule has 6 nitrogen and oxygen atoms in total. The molecule has 4 rings (SSSR count). The van der Waals surface area contributed by atoms with E-state index in [1.165, 1.54) is 24.3 Å². The molecule has 2 heterocycles. The van der Waals surface area contributed by atoms with E-state index in [1.54, 1.807) is 47.5 Å². The number of nitrogens with zero attached hydrogens (tertiary/aromatic N) is 2. The van der Waals surface area contributed by atoms with Crippen LogP contribution in [-0.2, 0) is 4.79 Å². The van der Waals surface area contributed by atoms with Gasteiger partial charge < -0.3 is 14.4 Å². The van der Waals surface area contributed by atoms with Crippen molar-refractivity contribution in [1.82, 2.24) is 9.88 Å². The van der Waals surface area contributed by atoms with Gasteiger partial charge >= 0.3 is 5.97 Å². The molecular formula is C24H21FN2O4. The van der Waals surface area contributed by atoms with Gasteiger partial charge in [-0.25, -0.2) is 9.37 Å². The number of pyridine rings is 1. The van der Waals surface area contributed by atoms with Crippen LogP contribution in [0, 0.1) is 11.7 Å². The second-order valence-electron chi connectivity index (χ2n) is 7.26. The van der Waals surface area contributed by atoms with E-state index in [0.29, 0.717) is 42.3 Å². The van der Waals surface area contributed by atoms with Gasteiger partial charge in [-0.15, -0.1) is 0 Å². The molecular weight excluding hydrogens is 399 g/mol. The van der Waals surface area contributed by atoms with Crippen molar-refractivity contribution < 1.29 is 23.5 Å². The average molecular weight is 420 g/mol. The van der Waals surface area contributed by atoms with Gasteiger partial charge in [0.25, 0.3) is 5.91 Å². The number of rotatable bonds is 5. The number of carbonyl (C=O) groups excluding carboxylic acids is 2. The summed E-state index contributed by atoms with van der Waals surface area (Å²) in [5, 5.41) is 0. The van der Waals surface area contributed by atoms with E-state index >= 15 is 0 Å². The Kier molecular flexibility index (Phi) is 6.21. The maximum atomic E-state index is 13.1. The van der Waals surface area contributed by atoms with Gasteiger partial charge in [-0.2, -0.15) is 0 Å². The fourth-order valence-electron chi connectivity index (χ4n) is 3.43. The predicted molar refractivity (Wildman–Crippen MR) is 111 cm³/mol. The van der Waals surface area contributed by atoms with Crippen LogP contribution in [-0.4, -0.2) is 34.8 Å². The molecule has 1 aliphatic heterocycles. The third-order valence-corrected chi connectivity index (χ3v) is 5.04. The molecule has 1 saturated heterocycles. The highest BCUT2D eigenvalue weighted by Gasteiger charge is 2.30. The Bertz CT molecular complexity index is 1040. The van der Waals surface area contributed by atoms with Crippen LogP contribution < -0.4 is 9.47 Å². The van der Waals surface area contributed by atoms with Crippen LogP contribution in [0.2, 0.25) is 0 Å². The highest BCUT2D eigenvalue weighted by atomic mass is 19.1. The molecule has 1 fully saturated rings. The van der Waals surface area contributed by atoms with Crippen molar-refractivity contribution in [2.75, 3.05) is 13.1 Å². The first-order valence-electron chi connectivity index (χ1n) is 10.0. The summed E-state index contributed by atoms with van der Waals surface area (Å²) in [5.74, 6) is 0.0483. The van der Waals surface area contributed by atoms with Gasteiger partial charge in [0.1, 0.15) is 17.3 Å². The number of esters is 1. The van der Waals surface area contributed by atoms with E-state index in [9.17, 15) is 14.0 Å². The first kappa shape index (κ1) is 20.5. The fourth-order valence-corrected chi connectivity index (χ4v) is 3.43. The Balaban J connectivity index is 1.34. The second kappa shape index (κ2) is 9.38. The molecule has 0 saturated carbocycles. The molecule has 1 amide bonds. The van der Waals surface area contributed by atoms with Crippen LogP contribution in [0.25, 0.3) is 0 Å². The normalized spacial score (nSPS) is 15.9. The van der Waals surface area contributed by atoms with E-state index in [4.69, 9.17) is 9.47 Å². The molecule has 158 valence electrons. The van der Waals surface area contributed by atoms with Crippen LogP contribution >= 0.6 is 0 Å². The number of likely N-dealkylation sites (tertiary alicyclic amines) is 1. The zero-order valence-electron chi connectivity index (χ0n) is 16.7. The van der Waals surface area contributed by atoms with Crippen molar-refractivity contribution in [1.29, 1.82) is 0 Å². The highest BCUT2D eigenvalue weighted by Crippen LogP contribution is 2.25. The Morgan fingerprint density at radius 1 is 0.968 bits per heavy atom. The molecule has 2 aromatic carbocycles. The number of carbonyl (C=O) groups is 2. The maximum Gasteiger partial charge on any atom is 0.316 e. The van der Waals surface area contributed by atoms with Crippen LogP contribution in [0.3, 0.4) is 0 Å². The van der Waals surface area contributed by atoms with Gasteiger partial charge in [0.05, 0.1) is 5.92 Å². The minimum atomic E-state index is -0.414. The van der Waals surface area contributed by atoms with Crippen molar-refractivity contribution in [3.05, 3.63) is 84.3 Å². The summed E-state index contributed by atoms with van der Waals surface area (Å²) in [7, 11) is 0. The molecule has 1 aliphatic rings. The summed E-state index contributed by atoms with van der Waals surface area (Å²) in [6.07, 6.45) is 2.98. The van der Waals surface area contributed by atoms with Crippen LogP contribution in [0.4, 0.5) is 4.39 Å². The number of halogens is 1. The maximum absolute atomic E-state index is 13.1. The minimum Gasteiger partial charge on any atom is -0.439 e. The third-order valence-electron chi connectivity index (χ3n) is 5.04. The molecule has 3 aromatic rings. The van der Waals surface area contributed by atoms with E-state index < -0.39 is 11.7 Å². The van der Waals surface area contributed by atoms with Crippen molar-refractivity contribution in [3.8, 4) is 17.4 Å². The van der Waals surface area contributed by atoms with E-state index in [0.717, 1.165) is 0 Å². The van der Waals surface area contributed by atoms with Crippen molar-refractivity contribution in [2.45, 2.75) is 12.8 Å². The van der Waals surface area contributed by atoms with Gasteiger partial charge in [-0.05, 0) is 67.4 Å². The van der Waals surface area contributed by atoms with E-state index in [2.05, 4.69) is 4.98 Å². The number of aromatic nitrogens is 1. The minimum absolute atomic E-state index is 0.214. The Morgan fingerprint density at radius 2 is 1.71 bits per heavy atom. The van der Waals surface area contributed by atoms with Crippen molar-refractivity contribution >= 4 is 11.9 Å². The van der Waals surface area contributed by atoms with Gasteiger partial charge in [0.15, 0.2) is 0 Å². The van der Waals surface area contributed by atoms with Crippen molar-refractivity contribution in [2.24, 2.45) is 5.92 Å². The van der Waals surface area contributed by atoms with Crippen molar-refractivity contribution in [3.63, 3.8) is 0 Å². The molecule has 31 heavy (non-hydrogen) atoms. The molecule has 0 N–H and O–H groups in total. The van der Waals surface area contributed by atoms with Crippen LogP contribution in [0.15, 0.2) is 72.9 Å². The first-order valence-corrected chi connectivity index (χ1v) is 10.0. The topological polar surface area (TPSA) is 68.7 Å². The van der Waals surface area contributed by atoms with E-state index in [1.807, 2.05) is 6.07 Å². The zero-order valence-corrected chi connectivity index (χ0v) is 16.7. The quantitative estimate of drug-likeness (QED) is 0.450. The zero-order chi connectivity index (χ0) is 21.6. The molecule has 1 aromatic heterocycles. The van der Waals surface area contributed by atoms with Gasteiger partial charge in [-0.1, -0.05) is 6.07 Å². The smallest absolute Gasteiger partial charge is 0.316 e. The summed E-state index contributed by atoms with van der Waals surface area (Å²) < 4.78 is 24.2. The Labute approximate surface area is 179 Å². The third kappa shape index (κ3) is 5.25. The second-order valence-corrected chi connectivity index (χ2v) is 7.26. The summed E-state index contributed by atoms with van der Waals surface area (Å²) in [6.45, 7) is 0.829. The molecule has 0 radical (unpaired) electrons. The lowest BCUT2D eigenvalue weighted by atomic mass is 9.97. The Hall–Kier alpha value is -3.74.